The van der Waals surface area contributed by atoms with E-state index in [2.05, 4.69) is 47.7 Å². The first-order valence-corrected chi connectivity index (χ1v) is 8.95. The second-order valence-electron chi connectivity index (χ2n) is 6.39. The van der Waals surface area contributed by atoms with Crippen LogP contribution in [-0.2, 0) is 17.8 Å². The molecule has 0 bridgehead atoms. The summed E-state index contributed by atoms with van der Waals surface area (Å²) in [5.74, 6) is 1.06. The zero-order valence-electron chi connectivity index (χ0n) is 15.5. The Kier molecular flexibility index (Phi) is 9.85. The molecule has 140 valence electrons. The van der Waals surface area contributed by atoms with Crippen LogP contribution in [0.1, 0.15) is 44.2 Å². The fourth-order valence-electron chi connectivity index (χ4n) is 2.84. The van der Waals surface area contributed by atoms with Gasteiger partial charge in [0.2, 0.25) is 5.91 Å². The highest BCUT2D eigenvalue weighted by Crippen LogP contribution is 2.19. The first-order chi connectivity index (χ1) is 11.6. The highest BCUT2D eigenvalue weighted by Gasteiger charge is 2.19. The third-order valence-corrected chi connectivity index (χ3v) is 4.56. The van der Waals surface area contributed by atoms with Gasteiger partial charge in [0.25, 0.3) is 0 Å². The summed E-state index contributed by atoms with van der Waals surface area (Å²) in [5, 5.41) is 6.60. The highest BCUT2D eigenvalue weighted by atomic mass is 127. The Labute approximate surface area is 168 Å². The van der Waals surface area contributed by atoms with Crippen molar-refractivity contribution in [3.8, 4) is 0 Å². The van der Waals surface area contributed by atoms with E-state index in [1.807, 2.05) is 11.0 Å². The first-order valence-electron chi connectivity index (χ1n) is 8.95. The number of nitrogens with one attached hydrogen (secondary N) is 2. The number of hydrogen-bond acceptors (Lipinski definition) is 2. The molecule has 1 atom stereocenters. The molecule has 0 saturated heterocycles. The molecule has 2 rings (SSSR count). The molecule has 1 aromatic rings. The summed E-state index contributed by atoms with van der Waals surface area (Å²) >= 11 is 0. The van der Waals surface area contributed by atoms with Crippen molar-refractivity contribution >= 4 is 35.8 Å². The summed E-state index contributed by atoms with van der Waals surface area (Å²) in [5.41, 5.74) is 2.66. The van der Waals surface area contributed by atoms with E-state index >= 15 is 0 Å². The van der Waals surface area contributed by atoms with Gasteiger partial charge in [0.1, 0.15) is 0 Å². The number of aliphatic imine (C=N–C) groups is 1. The van der Waals surface area contributed by atoms with Crippen LogP contribution in [0, 0.1) is 0 Å². The summed E-state index contributed by atoms with van der Waals surface area (Å²) in [4.78, 5) is 18.6. The van der Waals surface area contributed by atoms with Gasteiger partial charge in [0, 0.05) is 39.1 Å². The summed E-state index contributed by atoms with van der Waals surface area (Å²) < 4.78 is 0. The molecule has 1 aliphatic heterocycles. The largest absolute Gasteiger partial charge is 0.356 e. The van der Waals surface area contributed by atoms with Crippen molar-refractivity contribution in [2.75, 3.05) is 20.1 Å². The van der Waals surface area contributed by atoms with Gasteiger partial charge in [-0.3, -0.25) is 9.79 Å². The summed E-state index contributed by atoms with van der Waals surface area (Å²) in [6.07, 6.45) is 3.41. The number of hydrogen-bond donors (Lipinski definition) is 2. The minimum absolute atomic E-state index is 0. The molecule has 1 heterocycles. The quantitative estimate of drug-likeness (QED) is 0.298. The molecule has 5 nitrogen and oxygen atoms in total. The molecule has 0 saturated carbocycles. The van der Waals surface area contributed by atoms with Crippen molar-refractivity contribution in [2.24, 2.45) is 4.99 Å². The van der Waals surface area contributed by atoms with Gasteiger partial charge in [0.05, 0.1) is 0 Å². The SMILES string of the molecule is CCC(C)NC(=NC)NCCCC(=O)N1CCc2ccccc2C1.I. The number of fused-ring (bicyclic) bond motifs is 1. The minimum Gasteiger partial charge on any atom is -0.356 e. The fraction of sp³-hybridized carbons (Fsp3) is 0.579. The lowest BCUT2D eigenvalue weighted by atomic mass is 9.99. The molecule has 2 N–H and O–H groups in total. The van der Waals surface area contributed by atoms with Crippen LogP contribution in [0.2, 0.25) is 0 Å². The maximum Gasteiger partial charge on any atom is 0.222 e. The molecule has 0 fully saturated rings. The van der Waals surface area contributed by atoms with Gasteiger partial charge in [-0.1, -0.05) is 31.2 Å². The number of benzene rings is 1. The van der Waals surface area contributed by atoms with Crippen LogP contribution in [0.25, 0.3) is 0 Å². The van der Waals surface area contributed by atoms with Crippen molar-refractivity contribution in [3.63, 3.8) is 0 Å². The Balaban J connectivity index is 0.00000312. The third kappa shape index (κ3) is 6.84. The zero-order valence-corrected chi connectivity index (χ0v) is 17.9. The van der Waals surface area contributed by atoms with Crippen LogP contribution in [0.5, 0.6) is 0 Å². The molecule has 0 radical (unpaired) electrons. The molecular weight excluding hydrogens is 427 g/mol. The van der Waals surface area contributed by atoms with Crippen LogP contribution in [-0.4, -0.2) is 42.9 Å². The van der Waals surface area contributed by atoms with Crippen molar-refractivity contribution in [2.45, 2.75) is 52.1 Å². The van der Waals surface area contributed by atoms with Gasteiger partial charge in [-0.05, 0) is 37.3 Å². The Hall–Kier alpha value is -1.31. The number of nitrogens with zero attached hydrogens (tertiary/aromatic N) is 2. The predicted molar refractivity (Wildman–Crippen MR) is 114 cm³/mol. The lowest BCUT2D eigenvalue weighted by Crippen LogP contribution is -2.42. The van der Waals surface area contributed by atoms with Gasteiger partial charge in [-0.15, -0.1) is 24.0 Å². The van der Waals surface area contributed by atoms with Gasteiger partial charge in [-0.25, -0.2) is 0 Å². The normalized spacial score (nSPS) is 15.0. The summed E-state index contributed by atoms with van der Waals surface area (Å²) in [6, 6.07) is 8.80. The number of halogens is 1. The van der Waals surface area contributed by atoms with E-state index in [0.29, 0.717) is 12.5 Å². The van der Waals surface area contributed by atoms with E-state index in [4.69, 9.17) is 0 Å². The Bertz CT molecular complexity index is 576. The molecule has 25 heavy (non-hydrogen) atoms. The van der Waals surface area contributed by atoms with Gasteiger partial charge in [-0.2, -0.15) is 0 Å². The number of carbonyl (C=O) groups is 1. The van der Waals surface area contributed by atoms with Crippen molar-refractivity contribution in [1.29, 1.82) is 0 Å². The lowest BCUT2D eigenvalue weighted by Gasteiger charge is -2.29. The van der Waals surface area contributed by atoms with E-state index in [1.165, 1.54) is 11.1 Å². The van der Waals surface area contributed by atoms with E-state index in [9.17, 15) is 4.79 Å². The molecule has 1 amide bonds. The van der Waals surface area contributed by atoms with Crippen LogP contribution in [0.15, 0.2) is 29.3 Å². The van der Waals surface area contributed by atoms with Gasteiger partial charge in [0.15, 0.2) is 5.96 Å². The number of rotatable bonds is 6. The van der Waals surface area contributed by atoms with Crippen LogP contribution < -0.4 is 10.6 Å². The minimum atomic E-state index is 0. The molecule has 6 heteroatoms. The average molecular weight is 458 g/mol. The van der Waals surface area contributed by atoms with E-state index in [0.717, 1.165) is 44.9 Å². The third-order valence-electron chi connectivity index (χ3n) is 4.56. The molecule has 0 spiro atoms. The molecule has 0 aliphatic carbocycles. The van der Waals surface area contributed by atoms with Crippen LogP contribution in [0.4, 0.5) is 0 Å². The maximum atomic E-state index is 12.4. The lowest BCUT2D eigenvalue weighted by molar-refractivity contribution is -0.132. The average Bonchev–Trinajstić information content (AvgIpc) is 2.63. The number of guanidine groups is 1. The van der Waals surface area contributed by atoms with Gasteiger partial charge >= 0.3 is 0 Å². The molecule has 0 aromatic heterocycles. The van der Waals surface area contributed by atoms with Crippen LogP contribution >= 0.6 is 24.0 Å². The first kappa shape index (κ1) is 21.7. The second-order valence-corrected chi connectivity index (χ2v) is 6.39. The number of carbonyl (C=O) groups excluding carboxylic acids is 1. The van der Waals surface area contributed by atoms with E-state index in [-0.39, 0.29) is 29.9 Å². The Morgan fingerprint density at radius 3 is 2.72 bits per heavy atom. The molecule has 1 aromatic carbocycles. The molecule has 1 aliphatic rings. The van der Waals surface area contributed by atoms with Crippen molar-refractivity contribution < 1.29 is 4.79 Å². The summed E-state index contributed by atoms with van der Waals surface area (Å²) in [6.45, 7) is 6.61. The number of amides is 1. The van der Waals surface area contributed by atoms with E-state index in [1.54, 1.807) is 7.05 Å². The predicted octanol–water partition coefficient (Wildman–Crippen LogP) is 2.93. The van der Waals surface area contributed by atoms with Crippen molar-refractivity contribution in [3.05, 3.63) is 35.4 Å². The zero-order chi connectivity index (χ0) is 17.4. The fourth-order valence-corrected chi connectivity index (χ4v) is 2.84. The maximum absolute atomic E-state index is 12.4. The molecule has 1 unspecified atom stereocenters. The Morgan fingerprint density at radius 2 is 2.04 bits per heavy atom. The van der Waals surface area contributed by atoms with Gasteiger partial charge < -0.3 is 15.5 Å². The monoisotopic (exact) mass is 458 g/mol. The second kappa shape index (κ2) is 11.3. The molecular formula is C19H31IN4O. The van der Waals surface area contributed by atoms with Crippen LogP contribution in [0.3, 0.4) is 0 Å². The summed E-state index contributed by atoms with van der Waals surface area (Å²) in [7, 11) is 1.77. The van der Waals surface area contributed by atoms with Crippen molar-refractivity contribution in [1.82, 2.24) is 15.5 Å². The highest BCUT2D eigenvalue weighted by molar-refractivity contribution is 14.0. The smallest absolute Gasteiger partial charge is 0.222 e. The van der Waals surface area contributed by atoms with E-state index < -0.39 is 0 Å². The Morgan fingerprint density at radius 1 is 1.32 bits per heavy atom. The topological polar surface area (TPSA) is 56.7 Å². The standard InChI is InChI=1S/C19H30N4O.HI/c1-4-15(2)22-19(20-3)21-12-7-10-18(24)23-13-11-16-8-5-6-9-17(16)14-23;/h5-6,8-9,15H,4,7,10-14H2,1-3H3,(H2,20,21,22);1H.